The maximum atomic E-state index is 13.9. The molecular formula is C29H43N5O3. The third kappa shape index (κ3) is 5.02. The smallest absolute Gasteiger partial charge is 0.324 e. The highest BCUT2D eigenvalue weighted by Gasteiger charge is 2.43. The fourth-order valence-electron chi connectivity index (χ4n) is 7.12. The van der Waals surface area contributed by atoms with Gasteiger partial charge >= 0.3 is 5.97 Å². The second kappa shape index (κ2) is 11.1. The van der Waals surface area contributed by atoms with Crippen molar-refractivity contribution in [3.63, 3.8) is 0 Å². The number of fused-ring (bicyclic) bond motifs is 2. The fraction of sp³-hybridized carbons (Fsp3) is 0.690. The minimum atomic E-state index is -0.799. The summed E-state index contributed by atoms with van der Waals surface area (Å²) in [5, 5.41) is 13.9. The van der Waals surface area contributed by atoms with E-state index in [0.717, 1.165) is 62.9 Å². The highest BCUT2D eigenvalue weighted by molar-refractivity contribution is 5.79. The van der Waals surface area contributed by atoms with Gasteiger partial charge in [0.05, 0.1) is 11.0 Å². The van der Waals surface area contributed by atoms with E-state index < -0.39 is 11.5 Å². The first-order chi connectivity index (χ1) is 17.9. The lowest BCUT2D eigenvalue weighted by molar-refractivity contribution is -0.153. The van der Waals surface area contributed by atoms with Crippen LogP contribution >= 0.6 is 0 Å². The number of likely N-dealkylation sites (N-methyl/N-ethyl adjacent to an activating group) is 1. The van der Waals surface area contributed by atoms with Gasteiger partial charge in [0, 0.05) is 38.8 Å². The van der Waals surface area contributed by atoms with Gasteiger partial charge in [-0.2, -0.15) is 0 Å². The maximum Gasteiger partial charge on any atom is 0.324 e. The Morgan fingerprint density at radius 3 is 2.43 bits per heavy atom. The predicted octanol–water partition coefficient (Wildman–Crippen LogP) is 3.89. The molecule has 37 heavy (non-hydrogen) atoms. The summed E-state index contributed by atoms with van der Waals surface area (Å²) in [7, 11) is 0. The zero-order valence-corrected chi connectivity index (χ0v) is 22.5. The largest absolute Gasteiger partial charge is 0.480 e. The van der Waals surface area contributed by atoms with Crippen molar-refractivity contribution < 1.29 is 9.90 Å². The van der Waals surface area contributed by atoms with Crippen molar-refractivity contribution in [1.82, 2.24) is 19.8 Å². The number of nitrogens with zero attached hydrogens (tertiary/aromatic N) is 4. The van der Waals surface area contributed by atoms with Crippen LogP contribution in [0.15, 0.2) is 29.1 Å². The molecule has 3 heterocycles. The van der Waals surface area contributed by atoms with Crippen molar-refractivity contribution in [2.45, 2.75) is 76.8 Å². The Labute approximate surface area is 220 Å². The molecule has 2 saturated heterocycles. The molecule has 0 amide bonds. The van der Waals surface area contributed by atoms with E-state index in [9.17, 15) is 14.7 Å². The van der Waals surface area contributed by atoms with E-state index in [0.29, 0.717) is 50.0 Å². The molecule has 0 bridgehead atoms. The first-order valence-electron chi connectivity index (χ1n) is 14.4. The van der Waals surface area contributed by atoms with Crippen LogP contribution in [0.3, 0.4) is 0 Å². The highest BCUT2D eigenvalue weighted by atomic mass is 16.4. The number of hydrogen-bond acceptors (Lipinski definition) is 6. The Morgan fingerprint density at radius 1 is 1.14 bits per heavy atom. The number of hydrogen-bond donors (Lipinski definition) is 2. The van der Waals surface area contributed by atoms with Crippen LogP contribution in [0.2, 0.25) is 0 Å². The first-order valence-corrected chi connectivity index (χ1v) is 14.4. The summed E-state index contributed by atoms with van der Waals surface area (Å²) in [6.07, 6.45) is 7.47. The van der Waals surface area contributed by atoms with Crippen LogP contribution in [-0.4, -0.2) is 70.3 Å². The van der Waals surface area contributed by atoms with Crippen LogP contribution < -0.4 is 15.8 Å². The van der Waals surface area contributed by atoms with Crippen LogP contribution in [0, 0.1) is 11.8 Å². The van der Waals surface area contributed by atoms with Gasteiger partial charge in [0.2, 0.25) is 0 Å². The SMILES string of the molecule is CCN(CCC(C)n1c(=O)c(N2CC3CNCC3C2)nc2ccccc21)C1(C(=O)O)CCCCCCC1. The van der Waals surface area contributed by atoms with Crippen LogP contribution in [-0.2, 0) is 4.79 Å². The molecule has 8 nitrogen and oxygen atoms in total. The van der Waals surface area contributed by atoms with Gasteiger partial charge in [-0.05, 0) is 56.7 Å². The first kappa shape index (κ1) is 26.2. The molecule has 202 valence electrons. The lowest BCUT2D eigenvalue weighted by Gasteiger charge is -2.42. The molecule has 3 aliphatic rings. The number of rotatable bonds is 8. The second-order valence-electron chi connectivity index (χ2n) is 11.5. The van der Waals surface area contributed by atoms with Crippen molar-refractivity contribution in [2.24, 2.45) is 11.8 Å². The fourth-order valence-corrected chi connectivity index (χ4v) is 7.12. The average molecular weight is 510 g/mol. The summed E-state index contributed by atoms with van der Waals surface area (Å²) < 4.78 is 1.92. The lowest BCUT2D eigenvalue weighted by atomic mass is 9.82. The minimum Gasteiger partial charge on any atom is -0.480 e. The van der Waals surface area contributed by atoms with Gasteiger partial charge in [-0.3, -0.25) is 14.5 Å². The number of aromatic nitrogens is 2. The number of para-hydroxylation sites is 2. The molecule has 2 aromatic rings. The van der Waals surface area contributed by atoms with Crippen LogP contribution in [0.25, 0.3) is 11.0 Å². The molecule has 2 aliphatic heterocycles. The minimum absolute atomic E-state index is 0.0268. The highest BCUT2D eigenvalue weighted by Crippen LogP contribution is 2.34. The molecular weight excluding hydrogens is 466 g/mol. The Kier molecular flexibility index (Phi) is 7.86. The molecule has 0 spiro atoms. The molecule has 1 aromatic heterocycles. The average Bonchev–Trinajstić information content (AvgIpc) is 3.47. The van der Waals surface area contributed by atoms with E-state index in [-0.39, 0.29) is 11.6 Å². The number of carboxylic acid groups (broad SMARTS) is 1. The molecule has 3 unspecified atom stereocenters. The van der Waals surface area contributed by atoms with Crippen molar-refractivity contribution in [3.8, 4) is 0 Å². The number of nitrogens with one attached hydrogen (secondary N) is 1. The van der Waals surface area contributed by atoms with Crippen molar-refractivity contribution in [3.05, 3.63) is 34.6 Å². The molecule has 1 aromatic carbocycles. The molecule has 5 rings (SSSR count). The molecule has 2 N–H and O–H groups in total. The lowest BCUT2D eigenvalue weighted by Crippen LogP contribution is -2.55. The van der Waals surface area contributed by atoms with Crippen LogP contribution in [0.5, 0.6) is 0 Å². The molecule has 0 radical (unpaired) electrons. The quantitative estimate of drug-likeness (QED) is 0.558. The van der Waals surface area contributed by atoms with Gasteiger partial charge in [0.15, 0.2) is 5.82 Å². The molecule has 1 saturated carbocycles. The van der Waals surface area contributed by atoms with Crippen molar-refractivity contribution >= 4 is 22.8 Å². The second-order valence-corrected chi connectivity index (χ2v) is 11.5. The summed E-state index contributed by atoms with van der Waals surface area (Å²) in [5.41, 5.74) is 0.869. The summed E-state index contributed by atoms with van der Waals surface area (Å²) in [4.78, 5) is 35.8. The third-order valence-corrected chi connectivity index (χ3v) is 9.29. The molecule has 8 heteroatoms. The topological polar surface area (TPSA) is 90.7 Å². The van der Waals surface area contributed by atoms with Crippen molar-refractivity contribution in [1.29, 1.82) is 0 Å². The van der Waals surface area contributed by atoms with E-state index in [4.69, 9.17) is 4.98 Å². The standard InChI is InChI=1S/C29H43N5O3/c1-3-33(29(28(36)37)14-9-5-4-6-10-15-29)16-13-21(2)34-25-12-8-7-11-24(25)31-26(27(34)35)32-19-22-17-30-18-23(22)20-32/h7-8,11-12,21-23,30H,3-6,9-10,13-20H2,1-2H3,(H,36,37). The number of benzene rings is 1. The van der Waals surface area contributed by atoms with Gasteiger partial charge in [-0.25, -0.2) is 4.98 Å². The summed E-state index contributed by atoms with van der Waals surface area (Å²) in [6, 6.07) is 7.84. The van der Waals surface area contributed by atoms with Gasteiger partial charge in [-0.15, -0.1) is 0 Å². The maximum absolute atomic E-state index is 13.9. The van der Waals surface area contributed by atoms with E-state index in [1.54, 1.807) is 0 Å². The Morgan fingerprint density at radius 2 is 1.78 bits per heavy atom. The monoisotopic (exact) mass is 509 g/mol. The number of anilines is 1. The van der Waals surface area contributed by atoms with Crippen LogP contribution in [0.1, 0.15) is 71.3 Å². The van der Waals surface area contributed by atoms with Gasteiger partial charge < -0.3 is 19.9 Å². The zero-order chi connectivity index (χ0) is 26.0. The van der Waals surface area contributed by atoms with E-state index in [1.165, 1.54) is 6.42 Å². The molecule has 3 fully saturated rings. The zero-order valence-electron chi connectivity index (χ0n) is 22.5. The number of aliphatic carboxylic acids is 1. The Bertz CT molecular complexity index is 1140. The normalized spacial score (nSPS) is 24.7. The number of carboxylic acids is 1. The Balaban J connectivity index is 1.42. The summed E-state index contributed by atoms with van der Waals surface area (Å²) >= 11 is 0. The van der Waals surface area contributed by atoms with Crippen LogP contribution in [0.4, 0.5) is 5.82 Å². The van der Waals surface area contributed by atoms with Crippen molar-refractivity contribution in [2.75, 3.05) is 44.2 Å². The van der Waals surface area contributed by atoms with E-state index >= 15 is 0 Å². The molecule has 3 atom stereocenters. The van der Waals surface area contributed by atoms with Gasteiger partial charge in [0.1, 0.15) is 5.54 Å². The Hall–Kier alpha value is -2.45. The van der Waals surface area contributed by atoms with Gasteiger partial charge in [-0.1, -0.05) is 51.2 Å². The van der Waals surface area contributed by atoms with E-state index in [1.807, 2.05) is 28.8 Å². The molecule has 1 aliphatic carbocycles. The summed E-state index contributed by atoms with van der Waals surface area (Å²) in [6.45, 7) is 9.28. The summed E-state index contributed by atoms with van der Waals surface area (Å²) in [5.74, 6) is 1.03. The van der Waals surface area contributed by atoms with E-state index in [2.05, 4.69) is 29.0 Å². The predicted molar refractivity (Wildman–Crippen MR) is 147 cm³/mol. The van der Waals surface area contributed by atoms with Gasteiger partial charge in [0.25, 0.3) is 5.56 Å². The number of carbonyl (C=O) groups is 1. The third-order valence-electron chi connectivity index (χ3n) is 9.29.